The summed E-state index contributed by atoms with van der Waals surface area (Å²) in [6, 6.07) is 7.82. The van der Waals surface area contributed by atoms with Crippen molar-refractivity contribution >= 4 is 0 Å². The van der Waals surface area contributed by atoms with Crippen molar-refractivity contribution in [2.45, 2.75) is 13.0 Å². The predicted molar refractivity (Wildman–Crippen MR) is 53.9 cm³/mol. The standard InChI is InChI=1S/C12H11FO2/c1-8-9(6-7-15-8)12(14)10-4-2-3-5-11(10)13/h2-7,12,14H,1H3. The third-order valence-corrected chi connectivity index (χ3v) is 2.39. The van der Waals surface area contributed by atoms with Crippen LogP contribution in [0, 0.1) is 12.7 Å². The molecule has 1 aromatic heterocycles. The second-order valence-electron chi connectivity index (χ2n) is 3.36. The number of aliphatic hydroxyl groups excluding tert-OH is 1. The number of benzene rings is 1. The number of hydrogen-bond donors (Lipinski definition) is 1. The summed E-state index contributed by atoms with van der Waals surface area (Å²) in [4.78, 5) is 0. The fraction of sp³-hybridized carbons (Fsp3) is 0.167. The lowest BCUT2D eigenvalue weighted by Crippen LogP contribution is -2.02. The molecule has 0 aliphatic heterocycles. The van der Waals surface area contributed by atoms with E-state index in [4.69, 9.17) is 4.42 Å². The molecule has 0 saturated carbocycles. The zero-order valence-corrected chi connectivity index (χ0v) is 8.27. The molecule has 1 unspecified atom stereocenters. The molecule has 15 heavy (non-hydrogen) atoms. The molecule has 3 heteroatoms. The van der Waals surface area contributed by atoms with Gasteiger partial charge in [-0.3, -0.25) is 0 Å². The fourth-order valence-corrected chi connectivity index (χ4v) is 1.54. The molecule has 0 saturated heterocycles. The molecule has 1 heterocycles. The van der Waals surface area contributed by atoms with Crippen LogP contribution >= 0.6 is 0 Å². The molecule has 2 nitrogen and oxygen atoms in total. The van der Waals surface area contributed by atoms with Crippen LogP contribution in [0.25, 0.3) is 0 Å². The highest BCUT2D eigenvalue weighted by Crippen LogP contribution is 2.26. The van der Waals surface area contributed by atoms with Crippen molar-refractivity contribution in [1.82, 2.24) is 0 Å². The molecule has 0 aliphatic rings. The highest BCUT2D eigenvalue weighted by molar-refractivity contribution is 5.31. The van der Waals surface area contributed by atoms with Gasteiger partial charge in [-0.15, -0.1) is 0 Å². The van der Waals surface area contributed by atoms with Crippen LogP contribution in [-0.4, -0.2) is 5.11 Å². The molecule has 0 spiro atoms. The van der Waals surface area contributed by atoms with Crippen molar-refractivity contribution in [2.24, 2.45) is 0 Å². The van der Waals surface area contributed by atoms with Gasteiger partial charge in [0.2, 0.25) is 0 Å². The highest BCUT2D eigenvalue weighted by atomic mass is 19.1. The summed E-state index contributed by atoms with van der Waals surface area (Å²) in [5.41, 5.74) is 0.863. The monoisotopic (exact) mass is 206 g/mol. The highest BCUT2D eigenvalue weighted by Gasteiger charge is 2.17. The van der Waals surface area contributed by atoms with Crippen molar-refractivity contribution in [2.75, 3.05) is 0 Å². The van der Waals surface area contributed by atoms with E-state index in [1.807, 2.05) is 0 Å². The quantitative estimate of drug-likeness (QED) is 0.819. The zero-order valence-electron chi connectivity index (χ0n) is 8.27. The Morgan fingerprint density at radius 3 is 2.53 bits per heavy atom. The number of furan rings is 1. The molecule has 2 aromatic rings. The van der Waals surface area contributed by atoms with E-state index in [0.29, 0.717) is 11.3 Å². The maximum atomic E-state index is 13.4. The Kier molecular flexibility index (Phi) is 2.56. The number of hydrogen-bond acceptors (Lipinski definition) is 2. The minimum absolute atomic E-state index is 0.266. The maximum Gasteiger partial charge on any atom is 0.129 e. The lowest BCUT2D eigenvalue weighted by atomic mass is 10.0. The molecule has 0 amide bonds. The molecule has 2 rings (SSSR count). The average Bonchev–Trinajstić information content (AvgIpc) is 2.64. The minimum atomic E-state index is -0.968. The number of aliphatic hydroxyl groups is 1. The second kappa shape index (κ2) is 3.87. The van der Waals surface area contributed by atoms with Gasteiger partial charge in [-0.1, -0.05) is 18.2 Å². The van der Waals surface area contributed by atoms with Gasteiger partial charge in [0.1, 0.15) is 17.7 Å². The fourth-order valence-electron chi connectivity index (χ4n) is 1.54. The van der Waals surface area contributed by atoms with Gasteiger partial charge in [0, 0.05) is 11.1 Å². The van der Waals surface area contributed by atoms with Crippen LogP contribution in [0.1, 0.15) is 23.0 Å². The number of halogens is 1. The summed E-state index contributed by atoms with van der Waals surface area (Å²) >= 11 is 0. The Morgan fingerprint density at radius 2 is 1.93 bits per heavy atom. The van der Waals surface area contributed by atoms with E-state index in [0.717, 1.165) is 0 Å². The van der Waals surface area contributed by atoms with E-state index < -0.39 is 11.9 Å². The summed E-state index contributed by atoms with van der Waals surface area (Å²) in [5.74, 6) is 0.191. The van der Waals surface area contributed by atoms with Gasteiger partial charge < -0.3 is 9.52 Å². The first kappa shape index (κ1) is 9.93. The first-order valence-electron chi connectivity index (χ1n) is 4.66. The van der Waals surface area contributed by atoms with Gasteiger partial charge in [-0.2, -0.15) is 0 Å². The van der Waals surface area contributed by atoms with Crippen LogP contribution in [0.15, 0.2) is 41.0 Å². The molecule has 1 N–H and O–H groups in total. The summed E-state index contributed by atoms with van der Waals surface area (Å²) in [6.07, 6.45) is 0.513. The number of rotatable bonds is 2. The van der Waals surface area contributed by atoms with Crippen molar-refractivity contribution in [3.05, 3.63) is 59.3 Å². The van der Waals surface area contributed by atoms with E-state index in [9.17, 15) is 9.50 Å². The lowest BCUT2D eigenvalue weighted by molar-refractivity contribution is 0.212. The van der Waals surface area contributed by atoms with E-state index in [2.05, 4.69) is 0 Å². The molecule has 1 aromatic carbocycles. The Hall–Kier alpha value is -1.61. The van der Waals surface area contributed by atoms with Gasteiger partial charge in [0.05, 0.1) is 6.26 Å². The minimum Gasteiger partial charge on any atom is -0.469 e. The molecule has 78 valence electrons. The average molecular weight is 206 g/mol. The normalized spacial score (nSPS) is 12.7. The third-order valence-electron chi connectivity index (χ3n) is 2.39. The van der Waals surface area contributed by atoms with Crippen molar-refractivity contribution in [3.63, 3.8) is 0 Å². The SMILES string of the molecule is Cc1occc1C(O)c1ccccc1F. The lowest BCUT2D eigenvalue weighted by Gasteiger charge is -2.10. The molecule has 0 aliphatic carbocycles. The Labute approximate surface area is 87.0 Å². The van der Waals surface area contributed by atoms with E-state index in [1.165, 1.54) is 12.3 Å². The molecule has 0 radical (unpaired) electrons. The van der Waals surface area contributed by atoms with Gasteiger partial charge in [-0.25, -0.2) is 4.39 Å². The largest absolute Gasteiger partial charge is 0.469 e. The van der Waals surface area contributed by atoms with Crippen LogP contribution < -0.4 is 0 Å². The van der Waals surface area contributed by atoms with Crippen LogP contribution in [0.2, 0.25) is 0 Å². The van der Waals surface area contributed by atoms with Crippen molar-refractivity contribution in [3.8, 4) is 0 Å². The summed E-state index contributed by atoms with van der Waals surface area (Å²) in [6.45, 7) is 1.74. The van der Waals surface area contributed by atoms with Crippen LogP contribution in [-0.2, 0) is 0 Å². The van der Waals surface area contributed by atoms with Gasteiger partial charge >= 0.3 is 0 Å². The summed E-state index contributed by atoms with van der Waals surface area (Å²) in [5, 5.41) is 9.94. The molecular formula is C12H11FO2. The maximum absolute atomic E-state index is 13.4. The van der Waals surface area contributed by atoms with Gasteiger partial charge in [0.15, 0.2) is 0 Å². The predicted octanol–water partition coefficient (Wildman–Crippen LogP) is 2.81. The second-order valence-corrected chi connectivity index (χ2v) is 3.36. The Morgan fingerprint density at radius 1 is 1.20 bits per heavy atom. The van der Waals surface area contributed by atoms with Crippen molar-refractivity contribution < 1.29 is 13.9 Å². The smallest absolute Gasteiger partial charge is 0.129 e. The van der Waals surface area contributed by atoms with Crippen LogP contribution in [0.5, 0.6) is 0 Å². The topological polar surface area (TPSA) is 33.4 Å². The molecule has 1 atom stereocenters. The molecular weight excluding hydrogens is 195 g/mol. The van der Waals surface area contributed by atoms with Gasteiger partial charge in [0.25, 0.3) is 0 Å². The Bertz CT molecular complexity index is 462. The van der Waals surface area contributed by atoms with E-state index in [-0.39, 0.29) is 5.56 Å². The Balaban J connectivity index is 2.41. The zero-order chi connectivity index (χ0) is 10.8. The van der Waals surface area contributed by atoms with Crippen LogP contribution in [0.3, 0.4) is 0 Å². The van der Waals surface area contributed by atoms with Crippen molar-refractivity contribution in [1.29, 1.82) is 0 Å². The summed E-state index contributed by atoms with van der Waals surface area (Å²) < 4.78 is 18.4. The van der Waals surface area contributed by atoms with Gasteiger partial charge in [-0.05, 0) is 19.1 Å². The van der Waals surface area contributed by atoms with E-state index in [1.54, 1.807) is 31.2 Å². The number of aryl methyl sites for hydroxylation is 1. The summed E-state index contributed by atoms with van der Waals surface area (Å²) in [7, 11) is 0. The molecule has 0 fully saturated rings. The first-order chi connectivity index (χ1) is 7.20. The van der Waals surface area contributed by atoms with E-state index >= 15 is 0 Å². The third kappa shape index (κ3) is 1.78. The molecule has 0 bridgehead atoms. The first-order valence-corrected chi connectivity index (χ1v) is 4.66. The van der Waals surface area contributed by atoms with Crippen LogP contribution in [0.4, 0.5) is 4.39 Å².